The maximum atomic E-state index is 5.75. The molecule has 1 atom stereocenters. The molecule has 0 saturated carbocycles. The van der Waals surface area contributed by atoms with Gasteiger partial charge in [-0.2, -0.15) is 4.98 Å². The van der Waals surface area contributed by atoms with E-state index in [9.17, 15) is 0 Å². The summed E-state index contributed by atoms with van der Waals surface area (Å²) in [6.45, 7) is 8.11. The number of hydrogen-bond donors (Lipinski definition) is 1. The van der Waals surface area contributed by atoms with Gasteiger partial charge in [0.05, 0.1) is 6.04 Å². The molecule has 0 spiro atoms. The smallest absolute Gasteiger partial charge is 0.243 e. The zero-order chi connectivity index (χ0) is 10.1. The average molecular weight is 220 g/mol. The Bertz CT molecular complexity index is 280. The van der Waals surface area contributed by atoms with Crippen molar-refractivity contribution in [2.45, 2.75) is 45.6 Å². The quantitative estimate of drug-likeness (QED) is 0.828. The molecular weight excluding hydrogens is 202 g/mol. The molecule has 1 unspecified atom stereocenters. The summed E-state index contributed by atoms with van der Waals surface area (Å²) in [5.41, 5.74) is 5.68. The van der Waals surface area contributed by atoms with Gasteiger partial charge in [0.1, 0.15) is 0 Å². The van der Waals surface area contributed by atoms with Gasteiger partial charge in [-0.25, -0.2) is 0 Å². The standard InChI is InChI=1S/C9H17N3O.ClH/c1-5-6(10)7-11-8(12-13-7)9(2,3)4;/h6H,5,10H2,1-4H3;1H. The second-order valence-electron chi connectivity index (χ2n) is 4.22. The van der Waals surface area contributed by atoms with Gasteiger partial charge in [-0.05, 0) is 6.42 Å². The summed E-state index contributed by atoms with van der Waals surface area (Å²) in [6, 6.07) is -0.136. The van der Waals surface area contributed by atoms with Crippen LogP contribution in [0.3, 0.4) is 0 Å². The molecule has 0 bridgehead atoms. The van der Waals surface area contributed by atoms with E-state index < -0.39 is 0 Å². The van der Waals surface area contributed by atoms with E-state index in [1.165, 1.54) is 0 Å². The fraction of sp³-hybridized carbons (Fsp3) is 0.778. The first-order chi connectivity index (χ1) is 5.95. The van der Waals surface area contributed by atoms with Gasteiger partial charge in [0.15, 0.2) is 5.82 Å². The lowest BCUT2D eigenvalue weighted by Gasteiger charge is -2.11. The SMILES string of the molecule is CCC(N)c1nc(C(C)(C)C)no1.Cl. The number of aromatic nitrogens is 2. The minimum absolute atomic E-state index is 0. The highest BCUT2D eigenvalue weighted by Gasteiger charge is 2.22. The van der Waals surface area contributed by atoms with Crippen molar-refractivity contribution in [2.75, 3.05) is 0 Å². The van der Waals surface area contributed by atoms with Crippen LogP contribution >= 0.6 is 12.4 Å². The molecule has 1 aromatic rings. The van der Waals surface area contributed by atoms with Crippen LogP contribution in [0.25, 0.3) is 0 Å². The summed E-state index contributed by atoms with van der Waals surface area (Å²) in [5.74, 6) is 1.25. The number of nitrogens with zero attached hydrogens (tertiary/aromatic N) is 2. The van der Waals surface area contributed by atoms with Gasteiger partial charge in [-0.15, -0.1) is 12.4 Å². The van der Waals surface area contributed by atoms with Crippen molar-refractivity contribution in [3.63, 3.8) is 0 Å². The Morgan fingerprint density at radius 1 is 1.43 bits per heavy atom. The molecule has 0 aromatic carbocycles. The Kier molecular flexibility index (Phi) is 4.55. The second-order valence-corrected chi connectivity index (χ2v) is 4.22. The fourth-order valence-corrected chi connectivity index (χ4v) is 0.865. The molecule has 5 heteroatoms. The Morgan fingerprint density at radius 2 is 2.00 bits per heavy atom. The summed E-state index contributed by atoms with van der Waals surface area (Å²) >= 11 is 0. The van der Waals surface area contributed by atoms with Gasteiger partial charge >= 0.3 is 0 Å². The molecule has 1 aromatic heterocycles. The lowest BCUT2D eigenvalue weighted by atomic mass is 9.96. The Morgan fingerprint density at radius 3 is 2.36 bits per heavy atom. The number of halogens is 1. The highest BCUT2D eigenvalue weighted by Crippen LogP contribution is 2.20. The van der Waals surface area contributed by atoms with Crippen LogP contribution in [0.15, 0.2) is 4.52 Å². The molecule has 0 fully saturated rings. The van der Waals surface area contributed by atoms with E-state index in [0.717, 1.165) is 6.42 Å². The lowest BCUT2D eigenvalue weighted by molar-refractivity contribution is 0.341. The second kappa shape index (κ2) is 4.75. The fourth-order valence-electron chi connectivity index (χ4n) is 0.865. The third kappa shape index (κ3) is 2.96. The van der Waals surface area contributed by atoms with Crippen molar-refractivity contribution in [1.29, 1.82) is 0 Å². The minimum atomic E-state index is -0.136. The topological polar surface area (TPSA) is 64.9 Å². The number of hydrogen-bond acceptors (Lipinski definition) is 4. The first kappa shape index (κ1) is 13.4. The van der Waals surface area contributed by atoms with Crippen LogP contribution in [-0.4, -0.2) is 10.1 Å². The van der Waals surface area contributed by atoms with Crippen molar-refractivity contribution in [3.8, 4) is 0 Å². The monoisotopic (exact) mass is 219 g/mol. The minimum Gasteiger partial charge on any atom is -0.338 e. The first-order valence-electron chi connectivity index (χ1n) is 4.54. The lowest BCUT2D eigenvalue weighted by Crippen LogP contribution is -2.14. The normalized spacial score (nSPS) is 13.5. The molecule has 0 saturated heterocycles. The Labute approximate surface area is 90.7 Å². The van der Waals surface area contributed by atoms with Crippen LogP contribution in [0.4, 0.5) is 0 Å². The maximum absolute atomic E-state index is 5.75. The Balaban J connectivity index is 0.00000169. The molecule has 1 rings (SSSR count). The van der Waals surface area contributed by atoms with Gasteiger partial charge in [-0.1, -0.05) is 32.9 Å². The molecule has 2 N–H and O–H groups in total. The van der Waals surface area contributed by atoms with Gasteiger partial charge < -0.3 is 10.3 Å². The van der Waals surface area contributed by atoms with Crippen molar-refractivity contribution < 1.29 is 4.52 Å². The number of nitrogens with two attached hydrogens (primary N) is 1. The molecule has 0 aliphatic rings. The Hall–Kier alpha value is -0.610. The van der Waals surface area contributed by atoms with E-state index in [2.05, 4.69) is 10.1 Å². The number of rotatable bonds is 2. The molecule has 1 heterocycles. The summed E-state index contributed by atoms with van der Waals surface area (Å²) in [7, 11) is 0. The van der Waals surface area contributed by atoms with Crippen LogP contribution < -0.4 is 5.73 Å². The molecule has 0 aliphatic heterocycles. The summed E-state index contributed by atoms with van der Waals surface area (Å²) < 4.78 is 5.06. The average Bonchev–Trinajstić information content (AvgIpc) is 2.50. The molecule has 14 heavy (non-hydrogen) atoms. The molecule has 0 radical (unpaired) electrons. The molecule has 0 amide bonds. The van der Waals surface area contributed by atoms with Crippen molar-refractivity contribution in [3.05, 3.63) is 11.7 Å². The van der Waals surface area contributed by atoms with Gasteiger partial charge in [0.25, 0.3) is 0 Å². The summed E-state index contributed by atoms with van der Waals surface area (Å²) in [5, 5.41) is 3.89. The van der Waals surface area contributed by atoms with E-state index in [-0.39, 0.29) is 23.9 Å². The predicted octanol–water partition coefficient (Wildman–Crippen LogP) is 2.20. The van der Waals surface area contributed by atoms with Crippen molar-refractivity contribution in [2.24, 2.45) is 5.73 Å². The van der Waals surface area contributed by atoms with Crippen LogP contribution in [0.5, 0.6) is 0 Å². The van der Waals surface area contributed by atoms with E-state index >= 15 is 0 Å². The van der Waals surface area contributed by atoms with Crippen molar-refractivity contribution in [1.82, 2.24) is 10.1 Å². The maximum Gasteiger partial charge on any atom is 0.243 e. The van der Waals surface area contributed by atoms with E-state index in [1.807, 2.05) is 27.7 Å². The van der Waals surface area contributed by atoms with E-state index in [0.29, 0.717) is 11.7 Å². The van der Waals surface area contributed by atoms with Crippen molar-refractivity contribution >= 4 is 12.4 Å². The third-order valence-corrected chi connectivity index (χ3v) is 1.87. The molecule has 82 valence electrons. The highest BCUT2D eigenvalue weighted by molar-refractivity contribution is 5.85. The zero-order valence-electron chi connectivity index (χ0n) is 9.07. The zero-order valence-corrected chi connectivity index (χ0v) is 9.89. The van der Waals surface area contributed by atoms with Gasteiger partial charge in [0, 0.05) is 5.41 Å². The van der Waals surface area contributed by atoms with Crippen LogP contribution in [0.2, 0.25) is 0 Å². The first-order valence-corrected chi connectivity index (χ1v) is 4.54. The third-order valence-electron chi connectivity index (χ3n) is 1.87. The molecular formula is C9H18ClN3O. The summed E-state index contributed by atoms with van der Waals surface area (Å²) in [6.07, 6.45) is 0.811. The van der Waals surface area contributed by atoms with Crippen LogP contribution in [-0.2, 0) is 5.41 Å². The van der Waals surface area contributed by atoms with Gasteiger partial charge in [-0.3, -0.25) is 0 Å². The largest absolute Gasteiger partial charge is 0.338 e. The van der Waals surface area contributed by atoms with E-state index in [1.54, 1.807) is 0 Å². The highest BCUT2D eigenvalue weighted by atomic mass is 35.5. The van der Waals surface area contributed by atoms with Crippen LogP contribution in [0, 0.1) is 0 Å². The molecule has 0 aliphatic carbocycles. The predicted molar refractivity (Wildman–Crippen MR) is 57.5 cm³/mol. The molecule has 4 nitrogen and oxygen atoms in total. The summed E-state index contributed by atoms with van der Waals surface area (Å²) in [4.78, 5) is 4.25. The van der Waals surface area contributed by atoms with Crippen LogP contribution in [0.1, 0.15) is 51.9 Å². The van der Waals surface area contributed by atoms with Gasteiger partial charge in [0.2, 0.25) is 5.89 Å². The van der Waals surface area contributed by atoms with E-state index in [4.69, 9.17) is 10.3 Å².